The lowest BCUT2D eigenvalue weighted by Gasteiger charge is -2.23. The maximum atomic E-state index is 12.9. The van der Waals surface area contributed by atoms with Crippen LogP contribution >= 0.6 is 11.6 Å². The third-order valence-electron chi connectivity index (χ3n) is 3.91. The highest BCUT2D eigenvalue weighted by Gasteiger charge is 2.31. The van der Waals surface area contributed by atoms with E-state index in [2.05, 4.69) is 0 Å². The zero-order valence-corrected chi connectivity index (χ0v) is 13.9. The highest BCUT2D eigenvalue weighted by Crippen LogP contribution is 2.33. The molecule has 0 radical (unpaired) electrons. The molecule has 1 unspecified atom stereocenters. The molecule has 2 aromatic rings. The van der Waals surface area contributed by atoms with Crippen LogP contribution in [-0.4, -0.2) is 20.4 Å². The SMILES string of the molecule is CC1Cc2ccccc2N1C(=O)c1ccc(Cl)c(S(N)(=O)=O)c1. The highest BCUT2D eigenvalue weighted by atomic mass is 35.5. The third kappa shape index (κ3) is 2.85. The van der Waals surface area contributed by atoms with Gasteiger partial charge in [-0.3, -0.25) is 4.79 Å². The molecule has 2 aromatic carbocycles. The number of hydrogen-bond donors (Lipinski definition) is 1. The van der Waals surface area contributed by atoms with Crippen molar-refractivity contribution in [2.24, 2.45) is 5.14 Å². The Morgan fingerprint density at radius 3 is 2.65 bits per heavy atom. The van der Waals surface area contributed by atoms with Crippen LogP contribution in [-0.2, 0) is 16.4 Å². The van der Waals surface area contributed by atoms with Gasteiger partial charge in [0.2, 0.25) is 10.0 Å². The number of benzene rings is 2. The number of hydrogen-bond acceptors (Lipinski definition) is 3. The molecule has 5 nitrogen and oxygen atoms in total. The minimum Gasteiger partial charge on any atom is -0.305 e. The molecule has 0 aliphatic carbocycles. The van der Waals surface area contributed by atoms with Gasteiger partial charge >= 0.3 is 0 Å². The van der Waals surface area contributed by atoms with E-state index >= 15 is 0 Å². The number of halogens is 1. The van der Waals surface area contributed by atoms with E-state index in [-0.39, 0.29) is 27.4 Å². The van der Waals surface area contributed by atoms with Gasteiger partial charge in [-0.2, -0.15) is 0 Å². The number of carbonyl (C=O) groups excluding carboxylic acids is 1. The Hall–Kier alpha value is -1.89. The van der Waals surface area contributed by atoms with Crippen LogP contribution in [0.4, 0.5) is 5.69 Å². The first kappa shape index (κ1) is 16.0. The van der Waals surface area contributed by atoms with E-state index in [0.717, 1.165) is 17.7 Å². The molecule has 0 aromatic heterocycles. The fourth-order valence-electron chi connectivity index (χ4n) is 2.87. The molecule has 1 aliphatic heterocycles. The standard InChI is InChI=1S/C16H15ClN2O3S/c1-10-8-11-4-2-3-5-14(11)19(10)16(20)12-6-7-13(17)15(9-12)23(18,21)22/h2-7,9-10H,8H2,1H3,(H2,18,21,22). The van der Waals surface area contributed by atoms with Gasteiger partial charge in [-0.15, -0.1) is 0 Å². The largest absolute Gasteiger partial charge is 0.305 e. The molecule has 1 aliphatic rings. The zero-order chi connectivity index (χ0) is 16.8. The first-order valence-corrected chi connectivity index (χ1v) is 8.95. The Kier molecular flexibility index (Phi) is 3.91. The van der Waals surface area contributed by atoms with Crippen molar-refractivity contribution in [1.82, 2.24) is 0 Å². The fraction of sp³-hybridized carbons (Fsp3) is 0.188. The summed E-state index contributed by atoms with van der Waals surface area (Å²) in [6, 6.07) is 11.8. The van der Waals surface area contributed by atoms with Crippen LogP contribution in [0.3, 0.4) is 0 Å². The lowest BCUT2D eigenvalue weighted by atomic mass is 10.1. The molecular weight excluding hydrogens is 336 g/mol. The van der Waals surface area contributed by atoms with Crippen LogP contribution in [0.1, 0.15) is 22.8 Å². The molecule has 0 bridgehead atoms. The zero-order valence-electron chi connectivity index (χ0n) is 12.4. The van der Waals surface area contributed by atoms with Crippen molar-refractivity contribution in [2.45, 2.75) is 24.3 Å². The monoisotopic (exact) mass is 350 g/mol. The summed E-state index contributed by atoms with van der Waals surface area (Å²) in [5, 5.41) is 5.15. The number of amides is 1. The van der Waals surface area contributed by atoms with Crippen molar-refractivity contribution in [3.8, 4) is 0 Å². The van der Waals surface area contributed by atoms with Crippen LogP contribution in [0.25, 0.3) is 0 Å². The summed E-state index contributed by atoms with van der Waals surface area (Å²) in [6.45, 7) is 1.95. The van der Waals surface area contributed by atoms with Crippen LogP contribution in [0.15, 0.2) is 47.4 Å². The van der Waals surface area contributed by atoms with E-state index in [9.17, 15) is 13.2 Å². The normalized spacial score (nSPS) is 17.2. The van der Waals surface area contributed by atoms with E-state index < -0.39 is 10.0 Å². The summed E-state index contributed by atoms with van der Waals surface area (Å²) in [5.74, 6) is -0.274. The predicted octanol–water partition coefficient (Wildman–Crippen LogP) is 2.58. The van der Waals surface area contributed by atoms with Gasteiger partial charge in [-0.1, -0.05) is 29.8 Å². The molecule has 2 N–H and O–H groups in total. The summed E-state index contributed by atoms with van der Waals surface area (Å²) in [7, 11) is -3.99. The Bertz CT molecular complexity index is 896. The van der Waals surface area contributed by atoms with Gasteiger partial charge in [0.15, 0.2) is 0 Å². The quantitative estimate of drug-likeness (QED) is 0.903. The number of primary sulfonamides is 1. The number of anilines is 1. The van der Waals surface area contributed by atoms with E-state index in [0.29, 0.717) is 0 Å². The molecule has 0 saturated carbocycles. The molecule has 1 amide bonds. The fourth-order valence-corrected chi connectivity index (χ4v) is 3.94. The second-order valence-electron chi connectivity index (χ2n) is 5.55. The van der Waals surface area contributed by atoms with Crippen molar-refractivity contribution in [3.63, 3.8) is 0 Å². The smallest absolute Gasteiger partial charge is 0.258 e. The molecule has 3 rings (SSSR count). The van der Waals surface area contributed by atoms with Gasteiger partial charge in [0, 0.05) is 17.3 Å². The molecule has 0 spiro atoms. The first-order valence-electron chi connectivity index (χ1n) is 7.03. The van der Waals surface area contributed by atoms with Crippen molar-refractivity contribution in [2.75, 3.05) is 4.90 Å². The van der Waals surface area contributed by atoms with Gasteiger partial charge < -0.3 is 4.90 Å². The molecule has 1 heterocycles. The van der Waals surface area contributed by atoms with Crippen LogP contribution in [0.2, 0.25) is 5.02 Å². The van der Waals surface area contributed by atoms with Crippen LogP contribution in [0, 0.1) is 0 Å². The molecule has 0 fully saturated rings. The minimum atomic E-state index is -3.99. The van der Waals surface area contributed by atoms with Gasteiger partial charge in [0.25, 0.3) is 5.91 Å². The van der Waals surface area contributed by atoms with Gasteiger partial charge in [0.1, 0.15) is 4.90 Å². The maximum Gasteiger partial charge on any atom is 0.258 e. The predicted molar refractivity (Wildman–Crippen MR) is 89.2 cm³/mol. The second kappa shape index (κ2) is 5.63. The summed E-state index contributed by atoms with van der Waals surface area (Å²) in [5.41, 5.74) is 2.17. The van der Waals surface area contributed by atoms with Crippen molar-refractivity contribution >= 4 is 33.2 Å². The van der Waals surface area contributed by atoms with Crippen molar-refractivity contribution in [1.29, 1.82) is 0 Å². The molecule has 1 atom stereocenters. The van der Waals surface area contributed by atoms with E-state index in [4.69, 9.17) is 16.7 Å². The average Bonchev–Trinajstić information content (AvgIpc) is 2.81. The Morgan fingerprint density at radius 2 is 1.96 bits per heavy atom. The summed E-state index contributed by atoms with van der Waals surface area (Å²) in [6.07, 6.45) is 0.761. The molecule has 120 valence electrons. The van der Waals surface area contributed by atoms with Crippen LogP contribution < -0.4 is 10.0 Å². The Labute approximate surface area is 139 Å². The van der Waals surface area contributed by atoms with E-state index in [1.165, 1.54) is 18.2 Å². The lowest BCUT2D eigenvalue weighted by Crippen LogP contribution is -2.35. The van der Waals surface area contributed by atoms with Gasteiger partial charge in [-0.05, 0) is 43.2 Å². The molecular formula is C16H15ClN2O3S. The van der Waals surface area contributed by atoms with E-state index in [1.807, 2.05) is 31.2 Å². The average molecular weight is 351 g/mol. The van der Waals surface area contributed by atoms with Crippen molar-refractivity contribution in [3.05, 3.63) is 58.6 Å². The minimum absolute atomic E-state index is 0.000999. The van der Waals surface area contributed by atoms with E-state index in [1.54, 1.807) is 4.90 Å². The summed E-state index contributed by atoms with van der Waals surface area (Å²) < 4.78 is 23.2. The number of rotatable bonds is 2. The summed E-state index contributed by atoms with van der Waals surface area (Å²) in [4.78, 5) is 14.3. The van der Waals surface area contributed by atoms with Gasteiger partial charge in [-0.25, -0.2) is 13.6 Å². The molecule has 23 heavy (non-hydrogen) atoms. The first-order chi connectivity index (χ1) is 10.8. The molecule has 0 saturated heterocycles. The maximum absolute atomic E-state index is 12.9. The van der Waals surface area contributed by atoms with Crippen LogP contribution in [0.5, 0.6) is 0 Å². The molecule has 7 heteroatoms. The Balaban J connectivity index is 2.05. The highest BCUT2D eigenvalue weighted by molar-refractivity contribution is 7.89. The number of fused-ring (bicyclic) bond motifs is 1. The number of carbonyl (C=O) groups is 1. The Morgan fingerprint density at radius 1 is 1.26 bits per heavy atom. The number of para-hydroxylation sites is 1. The number of nitrogens with zero attached hydrogens (tertiary/aromatic N) is 1. The third-order valence-corrected chi connectivity index (χ3v) is 5.30. The summed E-state index contributed by atoms with van der Waals surface area (Å²) >= 11 is 5.87. The second-order valence-corrected chi connectivity index (χ2v) is 7.48. The number of sulfonamides is 1. The van der Waals surface area contributed by atoms with Gasteiger partial charge in [0.05, 0.1) is 5.02 Å². The number of nitrogens with two attached hydrogens (primary N) is 1. The van der Waals surface area contributed by atoms with Crippen molar-refractivity contribution < 1.29 is 13.2 Å². The lowest BCUT2D eigenvalue weighted by molar-refractivity contribution is 0.0981. The topological polar surface area (TPSA) is 80.5 Å².